The minimum Gasteiger partial charge on any atom is -0.356 e. The lowest BCUT2D eigenvalue weighted by molar-refractivity contribution is -0.0978. The number of methoxy groups -OCH3 is 1. The first-order valence-electron chi connectivity index (χ1n) is 2.30. The zero-order valence-electron chi connectivity index (χ0n) is 5.01. The highest BCUT2D eigenvalue weighted by atomic mass is 16.7. The van der Waals surface area contributed by atoms with Crippen LogP contribution in [0.2, 0.25) is 0 Å². The molecule has 0 fully saturated rings. The molecular weight excluding hydrogens is 108 g/mol. The van der Waals surface area contributed by atoms with Gasteiger partial charge in [-0.1, -0.05) is 0 Å². The summed E-state index contributed by atoms with van der Waals surface area (Å²) < 4.78 is 9.35. The Balaban J connectivity index is 2.97. The van der Waals surface area contributed by atoms with Crippen LogP contribution in [-0.4, -0.2) is 26.3 Å². The summed E-state index contributed by atoms with van der Waals surface area (Å²) in [5.41, 5.74) is 0. The molecule has 0 bridgehead atoms. The van der Waals surface area contributed by atoms with E-state index in [9.17, 15) is 4.79 Å². The first-order valence-corrected chi connectivity index (χ1v) is 2.30. The summed E-state index contributed by atoms with van der Waals surface area (Å²) in [4.78, 5) is 9.52. The van der Waals surface area contributed by atoms with Crippen molar-refractivity contribution in [1.82, 2.24) is 0 Å². The highest BCUT2D eigenvalue weighted by molar-refractivity contribution is 5.51. The molecule has 0 N–H and O–H groups in total. The Kier molecular flexibility index (Phi) is 4.50. The van der Waals surface area contributed by atoms with Crippen LogP contribution in [0.1, 0.15) is 6.92 Å². The third-order valence-corrected chi connectivity index (χ3v) is 0.709. The van der Waals surface area contributed by atoms with E-state index in [1.165, 1.54) is 7.11 Å². The lowest BCUT2D eigenvalue weighted by Crippen LogP contribution is -2.11. The van der Waals surface area contributed by atoms with Crippen LogP contribution in [0, 0.1) is 0 Å². The summed E-state index contributed by atoms with van der Waals surface area (Å²) in [6.07, 6.45) is 1.27. The van der Waals surface area contributed by atoms with Crippen molar-refractivity contribution in [2.75, 3.05) is 13.7 Å². The van der Waals surface area contributed by atoms with Crippen LogP contribution in [0.25, 0.3) is 0 Å². The first kappa shape index (κ1) is 7.59. The van der Waals surface area contributed by atoms with Crippen molar-refractivity contribution >= 4 is 6.29 Å². The minimum absolute atomic E-state index is 0.0188. The lowest BCUT2D eigenvalue weighted by Gasteiger charge is -2.05. The van der Waals surface area contributed by atoms with E-state index in [4.69, 9.17) is 4.74 Å². The van der Waals surface area contributed by atoms with Crippen LogP contribution < -0.4 is 0 Å². The molecule has 0 aromatic rings. The van der Waals surface area contributed by atoms with Gasteiger partial charge in [0.05, 0.1) is 0 Å². The molecule has 0 rings (SSSR count). The highest BCUT2D eigenvalue weighted by Gasteiger charge is 1.94. The third-order valence-electron chi connectivity index (χ3n) is 0.709. The Morgan fingerprint density at radius 3 is 2.75 bits per heavy atom. The van der Waals surface area contributed by atoms with Crippen molar-refractivity contribution < 1.29 is 14.3 Å². The molecule has 3 heteroatoms. The normalized spacial score (nSPS) is 13.2. The highest BCUT2D eigenvalue weighted by Crippen LogP contribution is 1.86. The molecule has 1 unspecified atom stereocenters. The van der Waals surface area contributed by atoms with Crippen molar-refractivity contribution in [3.63, 3.8) is 0 Å². The number of carbonyl (C=O) groups excluding carboxylic acids is 1. The van der Waals surface area contributed by atoms with E-state index < -0.39 is 0 Å². The third kappa shape index (κ3) is 3.77. The van der Waals surface area contributed by atoms with Gasteiger partial charge in [0.15, 0.2) is 6.29 Å². The molecule has 47 valence electrons. The summed E-state index contributed by atoms with van der Waals surface area (Å²) in [5.74, 6) is 0. The van der Waals surface area contributed by atoms with E-state index >= 15 is 0 Å². The van der Waals surface area contributed by atoms with Crippen LogP contribution in [0.5, 0.6) is 0 Å². The molecule has 0 aliphatic heterocycles. The second-order valence-corrected chi connectivity index (χ2v) is 1.26. The molecule has 0 aromatic heterocycles. The molecule has 3 nitrogen and oxygen atoms in total. The van der Waals surface area contributed by atoms with Gasteiger partial charge in [-0.3, -0.25) is 4.79 Å². The quantitative estimate of drug-likeness (QED) is 0.490. The summed E-state index contributed by atoms with van der Waals surface area (Å²) in [6.45, 7) is 1.69. The van der Waals surface area contributed by atoms with E-state index in [2.05, 4.69) is 4.74 Å². The fraction of sp³-hybridized carbons (Fsp3) is 0.800. The summed E-state index contributed by atoms with van der Waals surface area (Å²) in [6, 6.07) is 0. The maximum Gasteiger partial charge on any atom is 0.226 e. The molecule has 8 heavy (non-hydrogen) atoms. The van der Waals surface area contributed by atoms with Crippen LogP contribution in [-0.2, 0) is 14.3 Å². The van der Waals surface area contributed by atoms with Gasteiger partial charge in [0.1, 0.15) is 6.61 Å². The van der Waals surface area contributed by atoms with Gasteiger partial charge < -0.3 is 9.47 Å². The van der Waals surface area contributed by atoms with Crippen LogP contribution >= 0.6 is 0 Å². The molecule has 0 amide bonds. The fourth-order valence-corrected chi connectivity index (χ4v) is 0.219. The van der Waals surface area contributed by atoms with E-state index in [0.29, 0.717) is 0 Å². The summed E-state index contributed by atoms with van der Waals surface area (Å²) in [7, 11) is 1.51. The largest absolute Gasteiger partial charge is 0.356 e. The molecule has 0 aromatic carbocycles. The monoisotopic (exact) mass is 117 g/mol. The Morgan fingerprint density at radius 2 is 2.38 bits per heavy atom. The molecule has 0 aliphatic carbocycles. The molecule has 0 saturated carbocycles. The number of ether oxygens (including phenoxy) is 2. The molecule has 1 atom stereocenters. The van der Waals surface area contributed by atoms with Crippen molar-refractivity contribution in [1.29, 1.82) is 0 Å². The van der Waals surface area contributed by atoms with Gasteiger partial charge in [-0.25, -0.2) is 0 Å². The van der Waals surface area contributed by atoms with E-state index in [1.54, 1.807) is 13.2 Å². The fourth-order valence-electron chi connectivity index (χ4n) is 0.219. The average molecular weight is 117 g/mol. The van der Waals surface area contributed by atoms with Crippen LogP contribution in [0.4, 0.5) is 0 Å². The standard InChI is InChI=1S/C5H9O3/c1-5(7-2)8-4-3-6/h5H,4H2,1-2H3. The summed E-state index contributed by atoms with van der Waals surface area (Å²) in [5, 5.41) is 0. The van der Waals surface area contributed by atoms with Crippen molar-refractivity contribution in [2.45, 2.75) is 13.2 Å². The van der Waals surface area contributed by atoms with Crippen molar-refractivity contribution in [3.05, 3.63) is 0 Å². The molecule has 1 radical (unpaired) electrons. The molecule has 0 spiro atoms. The van der Waals surface area contributed by atoms with Crippen molar-refractivity contribution in [3.8, 4) is 0 Å². The Bertz CT molecular complexity index is 62.7. The topological polar surface area (TPSA) is 35.5 Å². The smallest absolute Gasteiger partial charge is 0.226 e. The first-order chi connectivity index (χ1) is 3.81. The van der Waals surface area contributed by atoms with Gasteiger partial charge in [0.25, 0.3) is 0 Å². The second kappa shape index (κ2) is 4.74. The van der Waals surface area contributed by atoms with E-state index in [-0.39, 0.29) is 12.9 Å². The predicted molar refractivity (Wildman–Crippen MR) is 28.1 cm³/mol. The lowest BCUT2D eigenvalue weighted by atomic mass is 10.7. The van der Waals surface area contributed by atoms with Gasteiger partial charge in [-0.05, 0) is 6.92 Å². The van der Waals surface area contributed by atoms with Crippen molar-refractivity contribution in [2.24, 2.45) is 0 Å². The van der Waals surface area contributed by atoms with Gasteiger partial charge in [-0.2, -0.15) is 0 Å². The number of hydrogen-bond acceptors (Lipinski definition) is 3. The number of hydrogen-bond donors (Lipinski definition) is 0. The molecule has 0 saturated heterocycles. The van der Waals surface area contributed by atoms with Crippen LogP contribution in [0.15, 0.2) is 0 Å². The van der Waals surface area contributed by atoms with E-state index in [0.717, 1.165) is 0 Å². The van der Waals surface area contributed by atoms with E-state index in [1.807, 2.05) is 0 Å². The van der Waals surface area contributed by atoms with Gasteiger partial charge in [-0.15, -0.1) is 0 Å². The molecular formula is C5H9O3. The maximum atomic E-state index is 9.52. The average Bonchev–Trinajstić information content (AvgIpc) is 1.83. The summed E-state index contributed by atoms with van der Waals surface area (Å²) >= 11 is 0. The van der Waals surface area contributed by atoms with Crippen LogP contribution in [0.3, 0.4) is 0 Å². The Morgan fingerprint density at radius 1 is 1.75 bits per heavy atom. The number of rotatable bonds is 4. The SMILES string of the molecule is COC(C)OC[C]=O. The van der Waals surface area contributed by atoms with Gasteiger partial charge >= 0.3 is 0 Å². The minimum atomic E-state index is -0.309. The zero-order chi connectivity index (χ0) is 6.41. The van der Waals surface area contributed by atoms with Gasteiger partial charge in [0.2, 0.25) is 6.29 Å². The Hall–Kier alpha value is -0.410. The maximum absolute atomic E-state index is 9.52. The second-order valence-electron chi connectivity index (χ2n) is 1.26. The Labute approximate surface area is 48.6 Å². The molecule has 0 aliphatic rings. The zero-order valence-corrected chi connectivity index (χ0v) is 5.01. The van der Waals surface area contributed by atoms with Gasteiger partial charge in [0, 0.05) is 7.11 Å². The molecule has 0 heterocycles. The predicted octanol–water partition coefficient (Wildman–Crippen LogP) is 0.105.